The monoisotopic (exact) mass is 244 g/mol. The van der Waals surface area contributed by atoms with Gasteiger partial charge in [-0.25, -0.2) is 0 Å². The molecule has 1 aromatic heterocycles. The summed E-state index contributed by atoms with van der Waals surface area (Å²) in [5.41, 5.74) is 1.26. The Morgan fingerprint density at radius 3 is 2.88 bits per heavy atom. The van der Waals surface area contributed by atoms with Gasteiger partial charge in [-0.1, -0.05) is 0 Å². The van der Waals surface area contributed by atoms with Crippen molar-refractivity contribution in [1.29, 1.82) is 0 Å². The molecule has 2 heterocycles. The third-order valence-corrected chi connectivity index (χ3v) is 3.14. The van der Waals surface area contributed by atoms with E-state index in [4.69, 9.17) is 0 Å². The number of aromatic nitrogens is 2. The van der Waals surface area contributed by atoms with Gasteiger partial charge in [0.25, 0.3) is 0 Å². The molecule has 0 spiro atoms. The molecule has 0 aliphatic carbocycles. The van der Waals surface area contributed by atoms with E-state index in [1.807, 2.05) is 17.9 Å². The summed E-state index contributed by atoms with van der Waals surface area (Å²) in [5.74, 6) is 0. The number of halogens is 1. The third kappa shape index (κ3) is 3.47. The van der Waals surface area contributed by atoms with Crippen LogP contribution < -0.4 is 5.32 Å². The summed E-state index contributed by atoms with van der Waals surface area (Å²) in [6.45, 7) is 3.27. The fraction of sp³-hybridized carbons (Fsp3) is 0.727. The van der Waals surface area contributed by atoms with Crippen LogP contribution in [0.4, 0.5) is 0 Å². The molecule has 1 fully saturated rings. The molecule has 16 heavy (non-hydrogen) atoms. The van der Waals surface area contributed by atoms with Crippen LogP contribution in [0.3, 0.4) is 0 Å². The van der Waals surface area contributed by atoms with Gasteiger partial charge in [-0.15, -0.1) is 12.4 Å². The fourth-order valence-electron chi connectivity index (χ4n) is 2.18. The number of likely N-dealkylation sites (N-methyl/N-ethyl adjacent to an activating group) is 1. The van der Waals surface area contributed by atoms with Crippen molar-refractivity contribution in [3.8, 4) is 0 Å². The molecular weight excluding hydrogens is 224 g/mol. The second-order valence-corrected chi connectivity index (χ2v) is 4.43. The zero-order chi connectivity index (χ0) is 10.7. The van der Waals surface area contributed by atoms with Crippen LogP contribution in [-0.4, -0.2) is 40.9 Å². The molecule has 2 rings (SSSR count). The van der Waals surface area contributed by atoms with E-state index in [0.29, 0.717) is 0 Å². The van der Waals surface area contributed by atoms with E-state index in [-0.39, 0.29) is 12.4 Å². The van der Waals surface area contributed by atoms with E-state index >= 15 is 0 Å². The minimum absolute atomic E-state index is 0. The SMILES string of the molecule is CN1CCCC1CNCc1cnn(C)c1.Cl. The zero-order valence-electron chi connectivity index (χ0n) is 10.0. The Morgan fingerprint density at radius 1 is 1.50 bits per heavy atom. The first-order valence-corrected chi connectivity index (χ1v) is 5.64. The van der Waals surface area contributed by atoms with Crippen molar-refractivity contribution in [2.45, 2.75) is 25.4 Å². The molecule has 1 aliphatic heterocycles. The van der Waals surface area contributed by atoms with Crippen LogP contribution in [-0.2, 0) is 13.6 Å². The number of nitrogens with one attached hydrogen (secondary N) is 1. The summed E-state index contributed by atoms with van der Waals surface area (Å²) in [6, 6.07) is 0.724. The quantitative estimate of drug-likeness (QED) is 0.859. The molecule has 1 atom stereocenters. The van der Waals surface area contributed by atoms with Gasteiger partial charge in [-0.3, -0.25) is 4.68 Å². The maximum absolute atomic E-state index is 4.15. The molecule has 0 amide bonds. The summed E-state index contributed by atoms with van der Waals surface area (Å²) >= 11 is 0. The molecule has 1 saturated heterocycles. The number of rotatable bonds is 4. The molecule has 0 aromatic carbocycles. The van der Waals surface area contributed by atoms with Crippen molar-refractivity contribution < 1.29 is 0 Å². The van der Waals surface area contributed by atoms with Crippen LogP contribution in [0.1, 0.15) is 18.4 Å². The van der Waals surface area contributed by atoms with Gasteiger partial charge in [0.15, 0.2) is 0 Å². The average molecular weight is 245 g/mol. The number of hydrogen-bond acceptors (Lipinski definition) is 3. The lowest BCUT2D eigenvalue weighted by atomic mass is 10.2. The lowest BCUT2D eigenvalue weighted by molar-refractivity contribution is 0.300. The van der Waals surface area contributed by atoms with Crippen molar-refractivity contribution in [1.82, 2.24) is 20.0 Å². The maximum atomic E-state index is 4.15. The highest BCUT2D eigenvalue weighted by atomic mass is 35.5. The first-order valence-electron chi connectivity index (χ1n) is 5.64. The summed E-state index contributed by atoms with van der Waals surface area (Å²) in [7, 11) is 4.16. The number of nitrogens with zero attached hydrogens (tertiary/aromatic N) is 3. The first kappa shape index (κ1) is 13.5. The van der Waals surface area contributed by atoms with Crippen LogP contribution in [0.25, 0.3) is 0 Å². The standard InChI is InChI=1S/C11H20N4.ClH/c1-14-5-3-4-11(14)8-12-6-10-7-13-15(2)9-10;/h7,9,11-12H,3-6,8H2,1-2H3;1H. The second kappa shape index (κ2) is 6.23. The minimum Gasteiger partial charge on any atom is -0.311 e. The maximum Gasteiger partial charge on any atom is 0.0534 e. The molecule has 1 unspecified atom stereocenters. The average Bonchev–Trinajstić information content (AvgIpc) is 2.77. The topological polar surface area (TPSA) is 33.1 Å². The summed E-state index contributed by atoms with van der Waals surface area (Å²) < 4.78 is 1.85. The molecule has 92 valence electrons. The van der Waals surface area contributed by atoms with Crippen LogP contribution >= 0.6 is 12.4 Å². The minimum atomic E-state index is 0. The molecule has 0 radical (unpaired) electrons. The number of hydrogen-bond donors (Lipinski definition) is 1. The molecule has 0 bridgehead atoms. The van der Waals surface area contributed by atoms with E-state index < -0.39 is 0 Å². The van der Waals surface area contributed by atoms with Crippen LogP contribution in [0.5, 0.6) is 0 Å². The zero-order valence-corrected chi connectivity index (χ0v) is 10.8. The summed E-state index contributed by atoms with van der Waals surface area (Å²) in [6.07, 6.45) is 6.66. The van der Waals surface area contributed by atoms with Crippen molar-refractivity contribution in [3.63, 3.8) is 0 Å². The van der Waals surface area contributed by atoms with E-state index in [9.17, 15) is 0 Å². The normalized spacial score (nSPS) is 21.0. The Balaban J connectivity index is 0.00000128. The molecule has 0 saturated carbocycles. The highest BCUT2D eigenvalue weighted by molar-refractivity contribution is 5.85. The Bertz CT molecular complexity index is 313. The Kier molecular flexibility index (Phi) is 5.25. The van der Waals surface area contributed by atoms with Gasteiger partial charge in [0.05, 0.1) is 6.20 Å². The van der Waals surface area contributed by atoms with Gasteiger partial charge in [-0.2, -0.15) is 5.10 Å². The highest BCUT2D eigenvalue weighted by Gasteiger charge is 2.19. The van der Waals surface area contributed by atoms with Gasteiger partial charge >= 0.3 is 0 Å². The van der Waals surface area contributed by atoms with Crippen LogP contribution in [0.15, 0.2) is 12.4 Å². The lowest BCUT2D eigenvalue weighted by Crippen LogP contribution is -2.35. The molecular formula is C11H21ClN4. The van der Waals surface area contributed by atoms with Gasteiger partial charge in [-0.05, 0) is 26.4 Å². The van der Waals surface area contributed by atoms with Crippen molar-refractivity contribution >= 4 is 12.4 Å². The molecule has 4 nitrogen and oxygen atoms in total. The predicted molar refractivity (Wildman–Crippen MR) is 67.8 cm³/mol. The number of aryl methyl sites for hydroxylation is 1. The van der Waals surface area contributed by atoms with E-state index in [0.717, 1.165) is 19.1 Å². The van der Waals surface area contributed by atoms with E-state index in [2.05, 4.69) is 28.6 Å². The summed E-state index contributed by atoms with van der Waals surface area (Å²) in [4.78, 5) is 2.44. The Morgan fingerprint density at radius 2 is 2.31 bits per heavy atom. The largest absolute Gasteiger partial charge is 0.311 e. The van der Waals surface area contributed by atoms with Crippen molar-refractivity contribution in [3.05, 3.63) is 18.0 Å². The molecule has 1 aromatic rings. The third-order valence-electron chi connectivity index (χ3n) is 3.14. The molecule has 1 N–H and O–H groups in total. The summed E-state index contributed by atoms with van der Waals surface area (Å²) in [5, 5.41) is 7.64. The van der Waals surface area contributed by atoms with Crippen LogP contribution in [0, 0.1) is 0 Å². The molecule has 1 aliphatic rings. The highest BCUT2D eigenvalue weighted by Crippen LogP contribution is 2.13. The molecule has 5 heteroatoms. The van der Waals surface area contributed by atoms with Crippen molar-refractivity contribution in [2.24, 2.45) is 7.05 Å². The van der Waals surface area contributed by atoms with Crippen molar-refractivity contribution in [2.75, 3.05) is 20.1 Å². The van der Waals surface area contributed by atoms with E-state index in [1.54, 1.807) is 0 Å². The fourth-order valence-corrected chi connectivity index (χ4v) is 2.18. The smallest absolute Gasteiger partial charge is 0.0534 e. The van der Waals surface area contributed by atoms with E-state index in [1.165, 1.54) is 24.9 Å². The van der Waals surface area contributed by atoms with Gasteiger partial charge in [0, 0.05) is 37.9 Å². The Labute approximate surface area is 103 Å². The van der Waals surface area contributed by atoms with Gasteiger partial charge < -0.3 is 10.2 Å². The number of likely N-dealkylation sites (tertiary alicyclic amines) is 1. The van der Waals surface area contributed by atoms with Crippen LogP contribution in [0.2, 0.25) is 0 Å². The first-order chi connectivity index (χ1) is 7.25. The predicted octanol–water partition coefficient (Wildman–Crippen LogP) is 1.03. The second-order valence-electron chi connectivity index (χ2n) is 4.43. The Hall–Kier alpha value is -0.580. The van der Waals surface area contributed by atoms with Gasteiger partial charge in [0.1, 0.15) is 0 Å². The van der Waals surface area contributed by atoms with Gasteiger partial charge in [0.2, 0.25) is 0 Å². The lowest BCUT2D eigenvalue weighted by Gasteiger charge is -2.19.